The first-order chi connectivity index (χ1) is 8.88. The minimum atomic E-state index is 0.727. The Morgan fingerprint density at radius 1 is 1.11 bits per heavy atom. The summed E-state index contributed by atoms with van der Waals surface area (Å²) in [6.07, 6.45) is 7.95. The monoisotopic (exact) mass is 247 g/mol. The molecule has 1 fully saturated rings. The van der Waals surface area contributed by atoms with Crippen LogP contribution in [0.5, 0.6) is 5.75 Å². The van der Waals surface area contributed by atoms with Crippen molar-refractivity contribution in [1.82, 2.24) is 5.32 Å². The molecule has 0 heterocycles. The topological polar surface area (TPSA) is 21.3 Å². The van der Waals surface area contributed by atoms with Crippen molar-refractivity contribution in [2.75, 3.05) is 13.2 Å². The van der Waals surface area contributed by atoms with Gasteiger partial charge in [0.05, 0.1) is 0 Å². The predicted molar refractivity (Wildman–Crippen MR) is 76.2 cm³/mol. The van der Waals surface area contributed by atoms with E-state index in [-0.39, 0.29) is 0 Å². The molecule has 1 saturated carbocycles. The molecular formula is C16H25NO. The van der Waals surface area contributed by atoms with Crippen LogP contribution in [0.25, 0.3) is 0 Å². The average molecular weight is 247 g/mol. The van der Waals surface area contributed by atoms with E-state index in [1.807, 2.05) is 0 Å². The molecule has 0 aliphatic heterocycles. The van der Waals surface area contributed by atoms with Crippen molar-refractivity contribution in [3.05, 3.63) is 29.8 Å². The Labute approximate surface area is 111 Å². The zero-order chi connectivity index (χ0) is 12.6. The molecule has 2 heteroatoms. The van der Waals surface area contributed by atoms with E-state index in [9.17, 15) is 0 Å². The number of hydrogen-bond acceptors (Lipinski definition) is 2. The lowest BCUT2D eigenvalue weighted by Gasteiger charge is -2.22. The zero-order valence-corrected chi connectivity index (χ0v) is 11.5. The van der Waals surface area contributed by atoms with Gasteiger partial charge in [-0.05, 0) is 37.0 Å². The summed E-state index contributed by atoms with van der Waals surface area (Å²) >= 11 is 0. The first-order valence-corrected chi connectivity index (χ1v) is 7.33. The largest absolute Gasteiger partial charge is 0.492 e. The lowest BCUT2D eigenvalue weighted by atomic mass is 9.96. The van der Waals surface area contributed by atoms with Gasteiger partial charge in [-0.3, -0.25) is 0 Å². The van der Waals surface area contributed by atoms with Crippen molar-refractivity contribution < 1.29 is 4.74 Å². The molecule has 0 saturated heterocycles. The molecule has 0 bridgehead atoms. The maximum Gasteiger partial charge on any atom is 0.119 e. The van der Waals surface area contributed by atoms with Crippen LogP contribution in [0.4, 0.5) is 0 Å². The van der Waals surface area contributed by atoms with E-state index < -0.39 is 0 Å². The van der Waals surface area contributed by atoms with Gasteiger partial charge in [0, 0.05) is 12.6 Å². The number of rotatable bonds is 6. The van der Waals surface area contributed by atoms with Crippen LogP contribution in [-0.2, 0) is 6.42 Å². The Bertz CT molecular complexity index is 327. The number of benzene rings is 1. The summed E-state index contributed by atoms with van der Waals surface area (Å²) in [5.74, 6) is 0.984. The highest BCUT2D eigenvalue weighted by molar-refractivity contribution is 5.27. The standard InChI is InChI=1S/C16H25NO/c1-2-14-8-10-16(11-9-14)18-13-12-17-15-6-4-3-5-7-15/h8-11,15,17H,2-7,12-13H2,1H3. The fourth-order valence-corrected chi connectivity index (χ4v) is 2.56. The summed E-state index contributed by atoms with van der Waals surface area (Å²) < 4.78 is 5.73. The van der Waals surface area contributed by atoms with E-state index in [0.717, 1.165) is 31.4 Å². The molecule has 2 rings (SSSR count). The predicted octanol–water partition coefficient (Wildman–Crippen LogP) is 3.55. The lowest BCUT2D eigenvalue weighted by molar-refractivity contribution is 0.289. The van der Waals surface area contributed by atoms with Crippen molar-refractivity contribution in [1.29, 1.82) is 0 Å². The first-order valence-electron chi connectivity index (χ1n) is 7.33. The molecule has 0 atom stereocenters. The summed E-state index contributed by atoms with van der Waals surface area (Å²) in [4.78, 5) is 0. The molecule has 1 aromatic carbocycles. The van der Waals surface area contributed by atoms with Crippen LogP contribution in [-0.4, -0.2) is 19.2 Å². The molecule has 100 valence electrons. The van der Waals surface area contributed by atoms with Gasteiger partial charge in [0.2, 0.25) is 0 Å². The van der Waals surface area contributed by atoms with Crippen LogP contribution in [0.3, 0.4) is 0 Å². The van der Waals surface area contributed by atoms with E-state index in [1.165, 1.54) is 37.7 Å². The third-order valence-corrected chi connectivity index (χ3v) is 3.74. The highest BCUT2D eigenvalue weighted by Crippen LogP contribution is 2.17. The highest BCUT2D eigenvalue weighted by Gasteiger charge is 2.11. The van der Waals surface area contributed by atoms with Crippen LogP contribution in [0.15, 0.2) is 24.3 Å². The average Bonchev–Trinajstić information content (AvgIpc) is 2.45. The van der Waals surface area contributed by atoms with Gasteiger partial charge in [-0.25, -0.2) is 0 Å². The molecule has 0 radical (unpaired) electrons. The van der Waals surface area contributed by atoms with Crippen LogP contribution in [0.2, 0.25) is 0 Å². The number of ether oxygens (including phenoxy) is 1. The van der Waals surface area contributed by atoms with Crippen LogP contribution < -0.4 is 10.1 Å². The Morgan fingerprint density at radius 2 is 1.83 bits per heavy atom. The molecule has 1 aliphatic carbocycles. The molecule has 0 amide bonds. The summed E-state index contributed by atoms with van der Waals surface area (Å²) in [5, 5.41) is 3.59. The Balaban J connectivity index is 1.62. The molecule has 0 aromatic heterocycles. The smallest absolute Gasteiger partial charge is 0.119 e. The van der Waals surface area contributed by atoms with Crippen LogP contribution in [0.1, 0.15) is 44.6 Å². The van der Waals surface area contributed by atoms with E-state index in [1.54, 1.807) is 0 Å². The normalized spacial score (nSPS) is 16.7. The van der Waals surface area contributed by atoms with Crippen LogP contribution in [0, 0.1) is 0 Å². The Morgan fingerprint density at radius 3 is 2.50 bits per heavy atom. The summed E-state index contributed by atoms with van der Waals surface area (Å²) in [6, 6.07) is 9.15. The summed E-state index contributed by atoms with van der Waals surface area (Å²) in [6.45, 7) is 3.89. The molecule has 2 nitrogen and oxygen atoms in total. The van der Waals surface area contributed by atoms with Crippen LogP contribution >= 0.6 is 0 Å². The van der Waals surface area contributed by atoms with Crippen molar-refractivity contribution in [3.8, 4) is 5.75 Å². The zero-order valence-electron chi connectivity index (χ0n) is 11.5. The molecule has 1 aromatic rings. The number of nitrogens with one attached hydrogen (secondary N) is 1. The third-order valence-electron chi connectivity index (χ3n) is 3.74. The van der Waals surface area contributed by atoms with E-state index in [4.69, 9.17) is 4.74 Å². The van der Waals surface area contributed by atoms with E-state index in [0.29, 0.717) is 0 Å². The molecule has 1 aliphatic rings. The third kappa shape index (κ3) is 4.34. The molecule has 0 spiro atoms. The Kier molecular flexibility index (Phi) is 5.53. The van der Waals surface area contributed by atoms with Crippen molar-refractivity contribution in [3.63, 3.8) is 0 Å². The maximum absolute atomic E-state index is 5.73. The second-order valence-electron chi connectivity index (χ2n) is 5.14. The first kappa shape index (κ1) is 13.4. The van der Waals surface area contributed by atoms with Gasteiger partial charge in [-0.2, -0.15) is 0 Å². The minimum absolute atomic E-state index is 0.727. The van der Waals surface area contributed by atoms with Crippen molar-refractivity contribution in [2.45, 2.75) is 51.5 Å². The fourth-order valence-electron chi connectivity index (χ4n) is 2.56. The van der Waals surface area contributed by atoms with E-state index >= 15 is 0 Å². The second-order valence-corrected chi connectivity index (χ2v) is 5.14. The molecule has 0 unspecified atom stereocenters. The summed E-state index contributed by atoms with van der Waals surface area (Å²) in [5.41, 5.74) is 1.36. The van der Waals surface area contributed by atoms with Crippen molar-refractivity contribution >= 4 is 0 Å². The highest BCUT2D eigenvalue weighted by atomic mass is 16.5. The number of aryl methyl sites for hydroxylation is 1. The second kappa shape index (κ2) is 7.42. The minimum Gasteiger partial charge on any atom is -0.492 e. The lowest BCUT2D eigenvalue weighted by Crippen LogP contribution is -2.34. The van der Waals surface area contributed by atoms with Gasteiger partial charge in [0.1, 0.15) is 12.4 Å². The fraction of sp³-hybridized carbons (Fsp3) is 0.625. The van der Waals surface area contributed by atoms with Crippen molar-refractivity contribution in [2.24, 2.45) is 0 Å². The number of hydrogen-bond donors (Lipinski definition) is 1. The van der Waals surface area contributed by atoms with E-state index in [2.05, 4.69) is 36.5 Å². The molecular weight excluding hydrogens is 222 g/mol. The maximum atomic E-state index is 5.73. The van der Waals surface area contributed by atoms with Gasteiger partial charge < -0.3 is 10.1 Å². The molecule has 18 heavy (non-hydrogen) atoms. The van der Waals surface area contributed by atoms with Gasteiger partial charge in [0.25, 0.3) is 0 Å². The van der Waals surface area contributed by atoms with Gasteiger partial charge >= 0.3 is 0 Å². The Hall–Kier alpha value is -1.02. The van der Waals surface area contributed by atoms with Gasteiger partial charge in [0.15, 0.2) is 0 Å². The summed E-state index contributed by atoms with van der Waals surface area (Å²) in [7, 11) is 0. The SMILES string of the molecule is CCc1ccc(OCCNC2CCCCC2)cc1. The molecule has 1 N–H and O–H groups in total. The van der Waals surface area contributed by atoms with Gasteiger partial charge in [-0.1, -0.05) is 38.3 Å². The quantitative estimate of drug-likeness (QED) is 0.776. The van der Waals surface area contributed by atoms with Gasteiger partial charge in [-0.15, -0.1) is 0 Å².